The van der Waals surface area contributed by atoms with Crippen LogP contribution >= 0.6 is 11.6 Å². The molecule has 2 rings (SSSR count). The summed E-state index contributed by atoms with van der Waals surface area (Å²) in [6.07, 6.45) is -0.848. The van der Waals surface area contributed by atoms with Gasteiger partial charge in [0.05, 0.1) is 6.10 Å². The van der Waals surface area contributed by atoms with Gasteiger partial charge in [0.25, 0.3) is 11.5 Å². The van der Waals surface area contributed by atoms with Crippen LogP contribution < -0.4 is 10.9 Å². The van der Waals surface area contributed by atoms with E-state index in [1.54, 1.807) is 24.3 Å². The standard InChI is InChI=1S/C13H12ClN3O3/c14-9-3-1-8(2-4-9)11(18)7-15-13(20)10-5-6-12(19)17-16-10/h1-6,11,18H,7H2,(H,15,20)(H,17,19). The minimum Gasteiger partial charge on any atom is -0.387 e. The van der Waals surface area contributed by atoms with E-state index in [-0.39, 0.29) is 17.8 Å². The van der Waals surface area contributed by atoms with E-state index in [0.29, 0.717) is 10.6 Å². The van der Waals surface area contributed by atoms with Crippen molar-refractivity contribution in [2.75, 3.05) is 6.54 Å². The molecule has 0 bridgehead atoms. The number of halogens is 1. The first-order valence-corrected chi connectivity index (χ1v) is 6.21. The highest BCUT2D eigenvalue weighted by Gasteiger charge is 2.11. The fraction of sp³-hybridized carbons (Fsp3) is 0.154. The maximum absolute atomic E-state index is 11.7. The van der Waals surface area contributed by atoms with E-state index in [1.165, 1.54) is 12.1 Å². The van der Waals surface area contributed by atoms with Crippen LogP contribution in [0.15, 0.2) is 41.2 Å². The number of benzene rings is 1. The zero-order chi connectivity index (χ0) is 14.5. The first kappa shape index (κ1) is 14.2. The average Bonchev–Trinajstić information content (AvgIpc) is 2.46. The summed E-state index contributed by atoms with van der Waals surface area (Å²) in [7, 11) is 0. The number of hydrogen-bond acceptors (Lipinski definition) is 4. The molecule has 20 heavy (non-hydrogen) atoms. The topological polar surface area (TPSA) is 95.1 Å². The van der Waals surface area contributed by atoms with E-state index in [4.69, 9.17) is 11.6 Å². The van der Waals surface area contributed by atoms with Crippen molar-refractivity contribution in [1.82, 2.24) is 15.5 Å². The first-order chi connectivity index (χ1) is 9.56. The SMILES string of the molecule is O=C(NCC(O)c1ccc(Cl)cc1)c1ccc(=O)[nH]n1. The molecule has 7 heteroatoms. The summed E-state index contributed by atoms with van der Waals surface area (Å²) in [5, 5.41) is 18.8. The van der Waals surface area contributed by atoms with Crippen LogP contribution in [0.1, 0.15) is 22.2 Å². The van der Waals surface area contributed by atoms with Crippen LogP contribution in [0, 0.1) is 0 Å². The number of aromatic amines is 1. The Labute approximate surface area is 119 Å². The van der Waals surface area contributed by atoms with E-state index in [9.17, 15) is 14.7 Å². The smallest absolute Gasteiger partial charge is 0.271 e. The van der Waals surface area contributed by atoms with Gasteiger partial charge in [-0.1, -0.05) is 23.7 Å². The lowest BCUT2D eigenvalue weighted by Crippen LogP contribution is -2.29. The van der Waals surface area contributed by atoms with Crippen molar-refractivity contribution < 1.29 is 9.90 Å². The fourth-order valence-electron chi connectivity index (χ4n) is 1.55. The molecule has 0 fully saturated rings. The highest BCUT2D eigenvalue weighted by Crippen LogP contribution is 2.15. The van der Waals surface area contributed by atoms with Crippen molar-refractivity contribution in [1.29, 1.82) is 0 Å². The van der Waals surface area contributed by atoms with Gasteiger partial charge in [-0.15, -0.1) is 0 Å². The summed E-state index contributed by atoms with van der Waals surface area (Å²) in [6, 6.07) is 9.19. The quantitative estimate of drug-likeness (QED) is 0.780. The molecule has 3 N–H and O–H groups in total. The van der Waals surface area contributed by atoms with Gasteiger partial charge in [0, 0.05) is 17.6 Å². The Morgan fingerprint density at radius 3 is 2.60 bits per heavy atom. The largest absolute Gasteiger partial charge is 0.387 e. The maximum Gasteiger partial charge on any atom is 0.271 e. The number of rotatable bonds is 4. The monoisotopic (exact) mass is 293 g/mol. The van der Waals surface area contributed by atoms with Crippen molar-refractivity contribution in [3.63, 3.8) is 0 Å². The number of carbonyl (C=O) groups excluding carboxylic acids is 1. The van der Waals surface area contributed by atoms with Crippen LogP contribution in [0.3, 0.4) is 0 Å². The van der Waals surface area contributed by atoms with Crippen molar-refractivity contribution in [3.8, 4) is 0 Å². The molecule has 1 aromatic carbocycles. The number of aliphatic hydroxyl groups excluding tert-OH is 1. The third-order valence-electron chi connectivity index (χ3n) is 2.62. The zero-order valence-electron chi connectivity index (χ0n) is 10.3. The molecule has 1 heterocycles. The highest BCUT2D eigenvalue weighted by atomic mass is 35.5. The lowest BCUT2D eigenvalue weighted by atomic mass is 10.1. The lowest BCUT2D eigenvalue weighted by Gasteiger charge is -2.12. The zero-order valence-corrected chi connectivity index (χ0v) is 11.1. The van der Waals surface area contributed by atoms with Gasteiger partial charge in [-0.2, -0.15) is 5.10 Å². The van der Waals surface area contributed by atoms with Crippen LogP contribution in [0.4, 0.5) is 0 Å². The van der Waals surface area contributed by atoms with Gasteiger partial charge in [-0.05, 0) is 23.8 Å². The summed E-state index contributed by atoms with van der Waals surface area (Å²) >= 11 is 5.75. The number of nitrogens with one attached hydrogen (secondary N) is 2. The molecule has 2 aromatic rings. The van der Waals surface area contributed by atoms with Crippen LogP contribution in [0.25, 0.3) is 0 Å². The molecular weight excluding hydrogens is 282 g/mol. The van der Waals surface area contributed by atoms with Gasteiger partial charge in [0.1, 0.15) is 5.69 Å². The summed E-state index contributed by atoms with van der Waals surface area (Å²) in [5.41, 5.74) is 0.333. The van der Waals surface area contributed by atoms with Gasteiger partial charge < -0.3 is 10.4 Å². The molecule has 0 spiro atoms. The fourth-order valence-corrected chi connectivity index (χ4v) is 1.68. The predicted molar refractivity (Wildman–Crippen MR) is 73.6 cm³/mol. The van der Waals surface area contributed by atoms with Crippen molar-refractivity contribution >= 4 is 17.5 Å². The Hall–Kier alpha value is -2.18. The van der Waals surface area contributed by atoms with Crippen LogP contribution in [0.5, 0.6) is 0 Å². The first-order valence-electron chi connectivity index (χ1n) is 5.84. The minimum absolute atomic E-state index is 0.0290. The molecule has 0 aliphatic heterocycles. The molecule has 1 atom stereocenters. The van der Waals surface area contributed by atoms with Crippen molar-refractivity contribution in [2.24, 2.45) is 0 Å². The summed E-state index contributed by atoms with van der Waals surface area (Å²) < 4.78 is 0. The molecule has 104 valence electrons. The molecular formula is C13H12ClN3O3. The normalized spacial score (nSPS) is 11.9. The number of aromatic nitrogens is 2. The Bertz CT molecular complexity index is 634. The average molecular weight is 294 g/mol. The minimum atomic E-state index is -0.848. The second-order valence-corrected chi connectivity index (χ2v) is 4.52. The number of nitrogens with zero attached hydrogens (tertiary/aromatic N) is 1. The third-order valence-corrected chi connectivity index (χ3v) is 2.87. The molecule has 1 aromatic heterocycles. The third kappa shape index (κ3) is 3.66. The van der Waals surface area contributed by atoms with Crippen LogP contribution in [0.2, 0.25) is 5.02 Å². The van der Waals surface area contributed by atoms with Gasteiger partial charge in [0.2, 0.25) is 0 Å². The van der Waals surface area contributed by atoms with E-state index < -0.39 is 12.0 Å². The van der Waals surface area contributed by atoms with E-state index in [1.807, 2.05) is 0 Å². The Morgan fingerprint density at radius 2 is 2.00 bits per heavy atom. The van der Waals surface area contributed by atoms with E-state index in [2.05, 4.69) is 15.5 Å². The molecule has 6 nitrogen and oxygen atoms in total. The van der Waals surface area contributed by atoms with Gasteiger partial charge in [-0.3, -0.25) is 9.59 Å². The number of amides is 1. The Balaban J connectivity index is 1.94. The van der Waals surface area contributed by atoms with Crippen LogP contribution in [-0.4, -0.2) is 27.8 Å². The lowest BCUT2D eigenvalue weighted by molar-refractivity contribution is 0.0910. The van der Waals surface area contributed by atoms with Crippen molar-refractivity contribution in [3.05, 3.63) is 63.0 Å². The van der Waals surface area contributed by atoms with Gasteiger partial charge in [-0.25, -0.2) is 5.10 Å². The molecule has 0 aliphatic carbocycles. The number of hydrogen-bond donors (Lipinski definition) is 3. The molecule has 1 amide bonds. The number of aliphatic hydroxyl groups is 1. The number of carbonyl (C=O) groups is 1. The van der Waals surface area contributed by atoms with Gasteiger partial charge in [0.15, 0.2) is 0 Å². The van der Waals surface area contributed by atoms with Crippen molar-refractivity contribution in [2.45, 2.75) is 6.10 Å². The predicted octanol–water partition coefficient (Wildman–Crippen LogP) is 0.887. The highest BCUT2D eigenvalue weighted by molar-refractivity contribution is 6.30. The maximum atomic E-state index is 11.7. The Kier molecular flexibility index (Phi) is 4.49. The van der Waals surface area contributed by atoms with Crippen LogP contribution in [-0.2, 0) is 0 Å². The summed E-state index contributed by atoms with van der Waals surface area (Å²) in [6.45, 7) is 0.0290. The Morgan fingerprint density at radius 1 is 1.30 bits per heavy atom. The van der Waals surface area contributed by atoms with E-state index >= 15 is 0 Å². The molecule has 0 aliphatic rings. The molecule has 1 unspecified atom stereocenters. The molecule has 0 saturated carbocycles. The number of H-pyrrole nitrogens is 1. The second-order valence-electron chi connectivity index (χ2n) is 4.08. The van der Waals surface area contributed by atoms with E-state index in [0.717, 1.165) is 0 Å². The summed E-state index contributed by atoms with van der Waals surface area (Å²) in [4.78, 5) is 22.5. The summed E-state index contributed by atoms with van der Waals surface area (Å²) in [5.74, 6) is -0.478. The van der Waals surface area contributed by atoms with Gasteiger partial charge >= 0.3 is 0 Å². The second kappa shape index (κ2) is 6.31. The molecule has 0 saturated heterocycles. The molecule has 0 radical (unpaired) electrons.